The lowest BCUT2D eigenvalue weighted by atomic mass is 10.1. The van der Waals surface area contributed by atoms with Gasteiger partial charge in [-0.3, -0.25) is 4.40 Å². The summed E-state index contributed by atoms with van der Waals surface area (Å²) in [6.07, 6.45) is 3.54. The normalized spacial score (nSPS) is 11.3. The van der Waals surface area contributed by atoms with Gasteiger partial charge in [-0.05, 0) is 31.2 Å². The number of fused-ring (bicyclic) bond motifs is 1. The molecule has 0 fully saturated rings. The Bertz CT molecular complexity index is 1020. The number of benzene rings is 1. The third-order valence-electron chi connectivity index (χ3n) is 3.47. The van der Waals surface area contributed by atoms with E-state index in [9.17, 15) is 8.78 Å². The topological polar surface area (TPSA) is 43.1 Å². The van der Waals surface area contributed by atoms with Crippen molar-refractivity contribution >= 4 is 16.3 Å². The van der Waals surface area contributed by atoms with Gasteiger partial charge in [0.1, 0.15) is 11.5 Å². The van der Waals surface area contributed by atoms with Crippen molar-refractivity contribution in [1.29, 1.82) is 0 Å². The minimum atomic E-state index is -0.899. The highest BCUT2D eigenvalue weighted by molar-refractivity contribution is 7.15. The summed E-state index contributed by atoms with van der Waals surface area (Å²) in [4.78, 5) is 13.8. The van der Waals surface area contributed by atoms with Crippen LogP contribution < -0.4 is 0 Å². The summed E-state index contributed by atoms with van der Waals surface area (Å²) >= 11 is 1.46. The zero-order chi connectivity index (χ0) is 16.0. The van der Waals surface area contributed by atoms with E-state index >= 15 is 0 Å². The van der Waals surface area contributed by atoms with E-state index in [1.54, 1.807) is 19.2 Å². The molecule has 0 saturated heterocycles. The summed E-state index contributed by atoms with van der Waals surface area (Å²) in [6, 6.07) is 5.55. The first kappa shape index (κ1) is 14.0. The van der Waals surface area contributed by atoms with E-state index in [1.165, 1.54) is 17.4 Å². The molecular formula is C16H10F2N4S. The fourth-order valence-electron chi connectivity index (χ4n) is 2.46. The molecule has 1 aromatic carbocycles. The van der Waals surface area contributed by atoms with E-state index in [-0.39, 0.29) is 0 Å². The zero-order valence-electron chi connectivity index (χ0n) is 12.0. The van der Waals surface area contributed by atoms with Crippen molar-refractivity contribution in [2.45, 2.75) is 6.92 Å². The van der Waals surface area contributed by atoms with Crippen LogP contribution in [0.5, 0.6) is 0 Å². The molecule has 4 aromatic rings. The molecule has 114 valence electrons. The second kappa shape index (κ2) is 5.20. The third kappa shape index (κ3) is 2.29. The number of nitrogens with zero attached hydrogens (tertiary/aromatic N) is 4. The van der Waals surface area contributed by atoms with Crippen molar-refractivity contribution in [3.8, 4) is 22.6 Å². The van der Waals surface area contributed by atoms with Gasteiger partial charge in [0.25, 0.3) is 0 Å². The summed E-state index contributed by atoms with van der Waals surface area (Å²) in [7, 11) is 0. The standard InChI is InChI=1S/C16H10F2N4S/c1-9-19-5-4-13(20-9)15-14(21-16-22(15)6-7-23-16)10-2-3-11(17)12(18)8-10/h2-8H,1H3. The Kier molecular flexibility index (Phi) is 3.16. The molecule has 4 nitrogen and oxygen atoms in total. The van der Waals surface area contributed by atoms with Gasteiger partial charge >= 0.3 is 0 Å². The molecule has 0 bridgehead atoms. The highest BCUT2D eigenvalue weighted by Crippen LogP contribution is 2.33. The lowest BCUT2D eigenvalue weighted by Crippen LogP contribution is -1.95. The van der Waals surface area contributed by atoms with Gasteiger partial charge in [0.05, 0.1) is 11.4 Å². The van der Waals surface area contributed by atoms with Gasteiger partial charge in [-0.15, -0.1) is 11.3 Å². The first-order valence-corrected chi connectivity index (χ1v) is 7.72. The third-order valence-corrected chi connectivity index (χ3v) is 4.23. The summed E-state index contributed by atoms with van der Waals surface area (Å²) in [5.41, 5.74) is 2.49. The first-order chi connectivity index (χ1) is 11.1. The molecule has 0 aliphatic carbocycles. The number of thiazole rings is 1. The number of hydrogen-bond donors (Lipinski definition) is 0. The molecule has 4 rings (SSSR count). The molecule has 0 spiro atoms. The van der Waals surface area contributed by atoms with E-state index < -0.39 is 11.6 Å². The molecule has 3 heterocycles. The Morgan fingerprint density at radius 2 is 1.96 bits per heavy atom. The van der Waals surface area contributed by atoms with E-state index in [2.05, 4.69) is 15.0 Å². The van der Waals surface area contributed by atoms with Crippen molar-refractivity contribution in [3.63, 3.8) is 0 Å². The second-order valence-corrected chi connectivity index (χ2v) is 5.86. The SMILES string of the molecule is Cc1nccc(-c2c(-c3ccc(F)c(F)c3)nc3sccn23)n1. The van der Waals surface area contributed by atoms with Crippen molar-refractivity contribution in [2.75, 3.05) is 0 Å². The zero-order valence-corrected chi connectivity index (χ0v) is 12.8. The van der Waals surface area contributed by atoms with Gasteiger partial charge in [-0.2, -0.15) is 0 Å². The average molecular weight is 328 g/mol. The van der Waals surface area contributed by atoms with Crippen LogP contribution in [0.25, 0.3) is 27.6 Å². The Morgan fingerprint density at radius 3 is 2.74 bits per heavy atom. The maximum absolute atomic E-state index is 13.6. The number of imidazole rings is 1. The second-order valence-electron chi connectivity index (χ2n) is 4.98. The largest absolute Gasteiger partial charge is 0.288 e. The molecule has 23 heavy (non-hydrogen) atoms. The van der Waals surface area contributed by atoms with Gasteiger partial charge in [0, 0.05) is 23.3 Å². The lowest BCUT2D eigenvalue weighted by Gasteiger charge is -2.05. The summed E-state index contributed by atoms with van der Waals surface area (Å²) < 4.78 is 28.7. The van der Waals surface area contributed by atoms with Gasteiger partial charge < -0.3 is 0 Å². The van der Waals surface area contributed by atoms with Gasteiger partial charge in [-0.25, -0.2) is 23.7 Å². The minimum Gasteiger partial charge on any atom is -0.288 e. The molecule has 0 amide bonds. The predicted molar refractivity (Wildman–Crippen MR) is 84.2 cm³/mol. The van der Waals surface area contributed by atoms with E-state index in [1.807, 2.05) is 16.0 Å². The van der Waals surface area contributed by atoms with Crippen LogP contribution in [0.15, 0.2) is 42.0 Å². The van der Waals surface area contributed by atoms with Crippen molar-refractivity contribution < 1.29 is 8.78 Å². The van der Waals surface area contributed by atoms with Crippen LogP contribution in [-0.4, -0.2) is 19.4 Å². The van der Waals surface area contributed by atoms with Crippen LogP contribution in [0.1, 0.15) is 5.82 Å². The first-order valence-electron chi connectivity index (χ1n) is 6.84. The molecule has 0 saturated carbocycles. The highest BCUT2D eigenvalue weighted by atomic mass is 32.1. The molecule has 7 heteroatoms. The van der Waals surface area contributed by atoms with E-state index in [0.717, 1.165) is 22.8 Å². The molecule has 0 atom stereocenters. The number of aromatic nitrogens is 4. The van der Waals surface area contributed by atoms with E-state index in [0.29, 0.717) is 22.8 Å². The maximum atomic E-state index is 13.6. The van der Waals surface area contributed by atoms with Crippen LogP contribution in [0.2, 0.25) is 0 Å². The summed E-state index contributed by atoms with van der Waals surface area (Å²) in [5.74, 6) is -1.15. The van der Waals surface area contributed by atoms with Gasteiger partial charge in [-0.1, -0.05) is 0 Å². The van der Waals surface area contributed by atoms with Gasteiger partial charge in [0.2, 0.25) is 0 Å². The smallest absolute Gasteiger partial charge is 0.194 e. The number of rotatable bonds is 2. The lowest BCUT2D eigenvalue weighted by molar-refractivity contribution is 0.509. The Labute approximate surface area is 134 Å². The average Bonchev–Trinajstić information content (AvgIpc) is 3.10. The molecular weight excluding hydrogens is 318 g/mol. The fraction of sp³-hybridized carbons (Fsp3) is 0.0625. The quantitative estimate of drug-likeness (QED) is 0.556. The van der Waals surface area contributed by atoms with Crippen molar-refractivity contribution in [1.82, 2.24) is 19.4 Å². The molecule has 0 aliphatic heterocycles. The minimum absolute atomic E-state index is 0.506. The predicted octanol–water partition coefficient (Wildman–Crippen LogP) is 4.11. The van der Waals surface area contributed by atoms with Gasteiger partial charge in [0.15, 0.2) is 16.6 Å². The maximum Gasteiger partial charge on any atom is 0.194 e. The fourth-order valence-corrected chi connectivity index (χ4v) is 3.18. The Hall–Kier alpha value is -2.67. The molecule has 0 unspecified atom stereocenters. The number of aryl methyl sites for hydroxylation is 1. The molecule has 0 aliphatic rings. The molecule has 0 N–H and O–H groups in total. The number of halogens is 2. The van der Waals surface area contributed by atoms with Crippen molar-refractivity contribution in [3.05, 3.63) is 59.5 Å². The Morgan fingerprint density at radius 1 is 1.09 bits per heavy atom. The van der Waals surface area contributed by atoms with Crippen LogP contribution in [0.4, 0.5) is 8.78 Å². The molecule has 0 radical (unpaired) electrons. The monoisotopic (exact) mass is 328 g/mol. The summed E-state index contributed by atoms with van der Waals surface area (Å²) in [6.45, 7) is 1.80. The van der Waals surface area contributed by atoms with Crippen LogP contribution in [-0.2, 0) is 0 Å². The molecule has 3 aromatic heterocycles. The summed E-state index contributed by atoms with van der Waals surface area (Å²) in [5, 5.41) is 1.91. The Balaban J connectivity index is 2.01. The number of hydrogen-bond acceptors (Lipinski definition) is 4. The van der Waals surface area contributed by atoms with E-state index in [4.69, 9.17) is 0 Å². The van der Waals surface area contributed by atoms with Crippen LogP contribution in [0.3, 0.4) is 0 Å². The van der Waals surface area contributed by atoms with Crippen molar-refractivity contribution in [2.24, 2.45) is 0 Å². The van der Waals surface area contributed by atoms with Crippen LogP contribution >= 0.6 is 11.3 Å². The van der Waals surface area contributed by atoms with Crippen LogP contribution in [0, 0.1) is 18.6 Å². The highest BCUT2D eigenvalue weighted by Gasteiger charge is 2.19.